The molecule has 0 atom stereocenters. The molecule has 0 aliphatic carbocycles. The summed E-state index contributed by atoms with van der Waals surface area (Å²) in [4.78, 5) is 6.88. The molecule has 2 rings (SSSR count). The third kappa shape index (κ3) is 10.9. The lowest BCUT2D eigenvalue weighted by atomic mass is 10.0. The number of hydrogen-bond donors (Lipinski definition) is 1. The molecule has 0 radical (unpaired) electrons. The average Bonchev–Trinajstić information content (AvgIpc) is 2.91. The van der Waals surface area contributed by atoms with Gasteiger partial charge in [-0.05, 0) is 76.6 Å². The number of piperazine rings is 1. The quantitative estimate of drug-likeness (QED) is 0.218. The van der Waals surface area contributed by atoms with Crippen LogP contribution in [-0.2, 0) is 11.3 Å². The van der Waals surface area contributed by atoms with Gasteiger partial charge in [0, 0.05) is 38.4 Å². The molecule has 1 N–H and O–H groups in total. The highest BCUT2D eigenvalue weighted by molar-refractivity contribution is 5.98. The Labute approximate surface area is 230 Å². The summed E-state index contributed by atoms with van der Waals surface area (Å²) in [5, 5.41) is 3.25. The van der Waals surface area contributed by atoms with E-state index in [0.29, 0.717) is 35.7 Å². The molecule has 4 nitrogen and oxygen atoms in total. The summed E-state index contributed by atoms with van der Waals surface area (Å²) in [5.41, 5.74) is 4.55. The zero-order valence-electron chi connectivity index (χ0n) is 24.7. The van der Waals surface area contributed by atoms with Crippen molar-refractivity contribution < 1.29 is 13.5 Å². The molecule has 1 saturated heterocycles. The Kier molecular flexibility index (Phi) is 16.2. The van der Waals surface area contributed by atoms with Gasteiger partial charge in [-0.3, -0.25) is 0 Å². The molecule has 0 aromatic heterocycles. The largest absolute Gasteiger partial charge is 0.381 e. The summed E-state index contributed by atoms with van der Waals surface area (Å²) in [6, 6.07) is 2.36. The molecule has 0 unspecified atom stereocenters. The predicted octanol–water partition coefficient (Wildman–Crippen LogP) is 8.40. The zero-order chi connectivity index (χ0) is 28.5. The van der Waals surface area contributed by atoms with Crippen molar-refractivity contribution in [3.63, 3.8) is 0 Å². The van der Waals surface area contributed by atoms with Gasteiger partial charge < -0.3 is 15.0 Å². The van der Waals surface area contributed by atoms with E-state index in [9.17, 15) is 8.78 Å². The topological polar surface area (TPSA) is 36.9 Å². The monoisotopic (exact) mass is 529 g/mol. The van der Waals surface area contributed by atoms with E-state index in [0.717, 1.165) is 56.6 Å². The van der Waals surface area contributed by atoms with Crippen LogP contribution in [0.4, 0.5) is 8.78 Å². The van der Waals surface area contributed by atoms with Crippen molar-refractivity contribution in [2.75, 3.05) is 26.3 Å². The van der Waals surface area contributed by atoms with Gasteiger partial charge in [-0.1, -0.05) is 57.6 Å². The van der Waals surface area contributed by atoms with E-state index in [-0.39, 0.29) is 6.54 Å². The van der Waals surface area contributed by atoms with Crippen molar-refractivity contribution in [3.05, 3.63) is 82.2 Å². The van der Waals surface area contributed by atoms with Gasteiger partial charge in [0.15, 0.2) is 5.84 Å². The standard InChI is InChI=1S/C26H35F2N3.C6H14O/c1-7-10-11-18(4)16-21(8-2)25(9-3)30-26-20(6)29-14-15-31(26)17-22-19(5)23(27)12-13-24(22)28;1-3-5-7-6-4-2/h8-9,12-13,16,29H,6-7,10-11,14-15,17H2,1-5H3;3-6H2,1-2H3/b18-16-,21-8+,25-9-,30-26?;. The molecule has 0 bridgehead atoms. The Morgan fingerprint density at radius 1 is 1.08 bits per heavy atom. The van der Waals surface area contributed by atoms with Gasteiger partial charge in [0.1, 0.15) is 11.6 Å². The molecule has 6 heteroatoms. The van der Waals surface area contributed by atoms with Crippen LogP contribution in [0.2, 0.25) is 0 Å². The van der Waals surface area contributed by atoms with Crippen molar-refractivity contribution in [1.82, 2.24) is 10.2 Å². The van der Waals surface area contributed by atoms with Gasteiger partial charge in [-0.25, -0.2) is 13.8 Å². The third-order valence-electron chi connectivity index (χ3n) is 6.24. The molecule has 0 amide bonds. The highest BCUT2D eigenvalue weighted by Crippen LogP contribution is 2.23. The number of aliphatic imine (C=N–C) groups is 1. The van der Waals surface area contributed by atoms with E-state index in [2.05, 4.69) is 51.7 Å². The molecule has 0 spiro atoms. The summed E-state index contributed by atoms with van der Waals surface area (Å²) in [6.45, 7) is 21.6. The first-order valence-corrected chi connectivity index (χ1v) is 14.0. The van der Waals surface area contributed by atoms with E-state index in [4.69, 9.17) is 9.73 Å². The van der Waals surface area contributed by atoms with Crippen LogP contribution in [0.25, 0.3) is 0 Å². The van der Waals surface area contributed by atoms with E-state index in [1.807, 2.05) is 24.8 Å². The molecule has 1 aliphatic rings. The Morgan fingerprint density at radius 2 is 1.74 bits per heavy atom. The van der Waals surface area contributed by atoms with Crippen LogP contribution in [-0.4, -0.2) is 37.0 Å². The maximum Gasteiger partial charge on any atom is 0.152 e. The predicted molar refractivity (Wildman–Crippen MR) is 158 cm³/mol. The van der Waals surface area contributed by atoms with Gasteiger partial charge in [-0.15, -0.1) is 0 Å². The van der Waals surface area contributed by atoms with Gasteiger partial charge in [-0.2, -0.15) is 0 Å². The molecular weight excluding hydrogens is 480 g/mol. The Hall–Kier alpha value is -2.73. The highest BCUT2D eigenvalue weighted by atomic mass is 19.1. The van der Waals surface area contributed by atoms with Gasteiger partial charge in [0.05, 0.1) is 11.4 Å². The second kappa shape index (κ2) is 18.5. The number of unbranched alkanes of at least 4 members (excludes halogenated alkanes) is 1. The molecular formula is C32H49F2N3O. The molecule has 38 heavy (non-hydrogen) atoms. The fourth-order valence-electron chi connectivity index (χ4n) is 3.99. The fraction of sp³-hybridized carbons (Fsp3) is 0.531. The van der Waals surface area contributed by atoms with E-state index >= 15 is 0 Å². The van der Waals surface area contributed by atoms with E-state index in [1.165, 1.54) is 17.7 Å². The molecule has 0 saturated carbocycles. The Morgan fingerprint density at radius 3 is 2.32 bits per heavy atom. The van der Waals surface area contributed by atoms with Crippen LogP contribution in [0.15, 0.2) is 64.5 Å². The Bertz CT molecular complexity index is 1000. The number of rotatable bonds is 12. The van der Waals surface area contributed by atoms with Gasteiger partial charge >= 0.3 is 0 Å². The number of nitrogens with zero attached hydrogens (tertiary/aromatic N) is 2. The van der Waals surface area contributed by atoms with Crippen LogP contribution in [0.3, 0.4) is 0 Å². The number of amidine groups is 1. The fourth-order valence-corrected chi connectivity index (χ4v) is 3.99. The summed E-state index contributed by atoms with van der Waals surface area (Å²) in [6.07, 6.45) is 11.8. The van der Waals surface area contributed by atoms with Crippen LogP contribution in [0, 0.1) is 18.6 Å². The number of ether oxygens (including phenoxy) is 1. The SMILES string of the molecule is C=C1NCCN(Cc2c(F)ccc(F)c2C)C1=NC(=C\C)/C(/C=C(/C)CCCC)=C/C.CCCOCCC. The molecule has 1 fully saturated rings. The summed E-state index contributed by atoms with van der Waals surface area (Å²) in [5.74, 6) is -0.152. The highest BCUT2D eigenvalue weighted by Gasteiger charge is 2.23. The van der Waals surface area contributed by atoms with Crippen molar-refractivity contribution in [2.24, 2.45) is 4.99 Å². The molecule has 1 aromatic rings. The summed E-state index contributed by atoms with van der Waals surface area (Å²) >= 11 is 0. The average molecular weight is 530 g/mol. The second-order valence-corrected chi connectivity index (χ2v) is 9.52. The minimum absolute atomic E-state index is 0.239. The van der Waals surface area contributed by atoms with Crippen LogP contribution in [0.5, 0.6) is 0 Å². The van der Waals surface area contributed by atoms with Crippen molar-refractivity contribution in [1.29, 1.82) is 0 Å². The van der Waals surface area contributed by atoms with Gasteiger partial charge in [0.25, 0.3) is 0 Å². The first-order chi connectivity index (χ1) is 18.2. The summed E-state index contributed by atoms with van der Waals surface area (Å²) in [7, 11) is 0. The first kappa shape index (κ1) is 33.3. The summed E-state index contributed by atoms with van der Waals surface area (Å²) < 4.78 is 33.6. The van der Waals surface area contributed by atoms with E-state index in [1.54, 1.807) is 6.92 Å². The number of allylic oxidation sites excluding steroid dienone is 4. The number of benzene rings is 1. The minimum atomic E-state index is -0.405. The van der Waals surface area contributed by atoms with Crippen LogP contribution >= 0.6 is 0 Å². The number of nitrogens with one attached hydrogen (secondary N) is 1. The molecule has 212 valence electrons. The van der Waals surface area contributed by atoms with Crippen molar-refractivity contribution in [3.8, 4) is 0 Å². The number of hydrogen-bond acceptors (Lipinski definition) is 3. The lowest BCUT2D eigenvalue weighted by Gasteiger charge is -2.33. The third-order valence-corrected chi connectivity index (χ3v) is 6.24. The maximum atomic E-state index is 14.5. The van der Waals surface area contributed by atoms with Crippen LogP contribution < -0.4 is 5.32 Å². The van der Waals surface area contributed by atoms with Gasteiger partial charge in [0.2, 0.25) is 0 Å². The smallest absolute Gasteiger partial charge is 0.152 e. The van der Waals surface area contributed by atoms with E-state index < -0.39 is 11.6 Å². The number of halogens is 2. The Balaban J connectivity index is 0.000000905. The first-order valence-electron chi connectivity index (χ1n) is 14.0. The van der Waals surface area contributed by atoms with Crippen molar-refractivity contribution >= 4 is 5.84 Å². The zero-order valence-corrected chi connectivity index (χ0v) is 24.7. The lowest BCUT2D eigenvalue weighted by molar-refractivity contribution is 0.135. The van der Waals surface area contributed by atoms with Crippen LogP contribution in [0.1, 0.15) is 84.8 Å². The molecule has 1 heterocycles. The maximum absolute atomic E-state index is 14.5. The van der Waals surface area contributed by atoms with Crippen molar-refractivity contribution in [2.45, 2.75) is 87.1 Å². The molecule has 1 aliphatic heterocycles. The lowest BCUT2D eigenvalue weighted by Crippen LogP contribution is -2.46. The minimum Gasteiger partial charge on any atom is -0.381 e. The molecule has 1 aromatic carbocycles. The normalized spacial score (nSPS) is 15.9. The second-order valence-electron chi connectivity index (χ2n) is 9.52.